The van der Waals surface area contributed by atoms with Crippen molar-refractivity contribution in [3.8, 4) is 22.7 Å². The molecule has 0 saturated heterocycles. The number of amides is 2. The normalized spacial score (nSPS) is 13.3. The minimum atomic E-state index is -0.580. The second-order valence-electron chi connectivity index (χ2n) is 11.3. The number of carbonyl (C=O) groups excluding carboxylic acids is 1. The molecule has 0 saturated carbocycles. The third-order valence-electron chi connectivity index (χ3n) is 7.42. The van der Waals surface area contributed by atoms with Gasteiger partial charge in [-0.25, -0.2) is 9.48 Å². The van der Waals surface area contributed by atoms with Crippen LogP contribution in [-0.2, 0) is 19.5 Å². The van der Waals surface area contributed by atoms with E-state index >= 15 is 0 Å². The van der Waals surface area contributed by atoms with Gasteiger partial charge < -0.3 is 15.8 Å². The number of hydrogen-bond donors (Lipinski definition) is 2. The summed E-state index contributed by atoms with van der Waals surface area (Å²) in [6.07, 6.45) is 0.871. The first-order valence-corrected chi connectivity index (χ1v) is 14.0. The number of aryl methyl sites for hydroxylation is 3. The molecule has 0 atom stereocenters. The molecule has 0 fully saturated rings. The van der Waals surface area contributed by atoms with Crippen molar-refractivity contribution in [2.24, 2.45) is 11.7 Å². The van der Waals surface area contributed by atoms with Crippen molar-refractivity contribution in [3.63, 3.8) is 0 Å². The Labute approximate surface area is 237 Å². The molecule has 7 heteroatoms. The van der Waals surface area contributed by atoms with Crippen LogP contribution in [0.25, 0.3) is 16.9 Å². The number of nitrogens with zero attached hydrogens (tertiary/aromatic N) is 3. The lowest BCUT2D eigenvalue weighted by atomic mass is 9.99. The summed E-state index contributed by atoms with van der Waals surface area (Å²) in [5, 5.41) is 7.87. The van der Waals surface area contributed by atoms with Gasteiger partial charge in [0.05, 0.1) is 18.0 Å². The van der Waals surface area contributed by atoms with Crippen molar-refractivity contribution in [2.75, 3.05) is 18.5 Å². The summed E-state index contributed by atoms with van der Waals surface area (Å²) < 4.78 is 8.39. The fraction of sp³-hybridized carbons (Fsp3) is 0.333. The van der Waals surface area contributed by atoms with Crippen LogP contribution in [0.5, 0.6) is 5.75 Å². The first kappa shape index (κ1) is 27.5. The van der Waals surface area contributed by atoms with Crippen molar-refractivity contribution in [2.45, 2.75) is 54.1 Å². The molecule has 2 heterocycles. The van der Waals surface area contributed by atoms with Gasteiger partial charge in [-0.05, 0) is 61.6 Å². The van der Waals surface area contributed by atoms with E-state index in [1.165, 1.54) is 22.3 Å². The Morgan fingerprint density at radius 1 is 1.05 bits per heavy atom. The molecule has 0 radical (unpaired) electrons. The number of primary amides is 1. The highest BCUT2D eigenvalue weighted by Crippen LogP contribution is 2.37. The number of anilines is 1. The Hall–Kier alpha value is -4.10. The number of carbonyl (C=O) groups is 1. The van der Waals surface area contributed by atoms with E-state index < -0.39 is 6.03 Å². The molecule has 0 bridgehead atoms. The van der Waals surface area contributed by atoms with E-state index in [-0.39, 0.29) is 0 Å². The van der Waals surface area contributed by atoms with Crippen LogP contribution in [-0.4, -0.2) is 33.9 Å². The van der Waals surface area contributed by atoms with Crippen LogP contribution in [0.2, 0.25) is 0 Å². The van der Waals surface area contributed by atoms with Gasteiger partial charge in [0.2, 0.25) is 0 Å². The van der Waals surface area contributed by atoms with Gasteiger partial charge in [-0.15, -0.1) is 0 Å². The number of benzene rings is 3. The van der Waals surface area contributed by atoms with E-state index in [1.54, 1.807) is 0 Å². The standard InChI is InChI=1S/C33H39N5O2/c1-21(2)20-40-30-8-6-7-24(5)31(30)38-32(25-11-13-27(14-12-25)35-33(34)39)28-19-37(16-15-29(28)36-38)18-26-17-22(3)9-10-23(26)4/h6-14,17,21H,15-16,18-20H2,1-5H3,(H3,34,35,39). The SMILES string of the molecule is Cc1ccc(C)c(CN2CCc3nn(-c4c(C)cccc4OCC(C)C)c(-c4ccc(NC(N)=O)cc4)c3C2)c1. The number of hydrogen-bond acceptors (Lipinski definition) is 4. The highest BCUT2D eigenvalue weighted by atomic mass is 16.5. The zero-order valence-electron chi connectivity index (χ0n) is 24.1. The summed E-state index contributed by atoms with van der Waals surface area (Å²) in [5.41, 5.74) is 16.4. The van der Waals surface area contributed by atoms with E-state index in [4.69, 9.17) is 15.6 Å². The van der Waals surface area contributed by atoms with E-state index in [2.05, 4.69) is 73.8 Å². The van der Waals surface area contributed by atoms with Gasteiger partial charge in [0.1, 0.15) is 11.4 Å². The molecule has 0 aliphatic carbocycles. The molecular formula is C33H39N5O2. The Morgan fingerprint density at radius 3 is 2.55 bits per heavy atom. The Bertz CT molecular complexity index is 1520. The minimum Gasteiger partial charge on any atom is -0.491 e. The molecule has 0 spiro atoms. The van der Waals surface area contributed by atoms with Crippen LogP contribution < -0.4 is 15.8 Å². The molecule has 7 nitrogen and oxygen atoms in total. The van der Waals surface area contributed by atoms with Crippen LogP contribution in [0.4, 0.5) is 10.5 Å². The fourth-order valence-electron chi connectivity index (χ4n) is 5.36. The number of rotatable bonds is 8. The molecule has 0 unspecified atom stereocenters. The van der Waals surface area contributed by atoms with E-state index in [0.717, 1.165) is 60.0 Å². The Kier molecular flexibility index (Phi) is 7.94. The molecular weight excluding hydrogens is 498 g/mol. The molecule has 3 aromatic carbocycles. The zero-order valence-corrected chi connectivity index (χ0v) is 24.1. The topological polar surface area (TPSA) is 85.4 Å². The highest BCUT2D eigenvalue weighted by molar-refractivity contribution is 5.88. The lowest BCUT2D eigenvalue weighted by Crippen LogP contribution is -2.30. The number of fused-ring (bicyclic) bond motifs is 1. The number of nitrogens with one attached hydrogen (secondary N) is 1. The minimum absolute atomic E-state index is 0.405. The number of para-hydroxylation sites is 1. The summed E-state index contributed by atoms with van der Waals surface area (Å²) in [7, 11) is 0. The molecule has 208 valence electrons. The molecule has 40 heavy (non-hydrogen) atoms. The van der Waals surface area contributed by atoms with Gasteiger partial charge in [0, 0.05) is 42.9 Å². The van der Waals surface area contributed by atoms with E-state index in [1.807, 2.05) is 36.4 Å². The van der Waals surface area contributed by atoms with Gasteiger partial charge in [-0.2, -0.15) is 5.10 Å². The molecule has 3 N–H and O–H groups in total. The smallest absolute Gasteiger partial charge is 0.316 e. The average Bonchev–Trinajstić information content (AvgIpc) is 3.28. The molecule has 5 rings (SSSR count). The summed E-state index contributed by atoms with van der Waals surface area (Å²) in [6.45, 7) is 14.0. The van der Waals surface area contributed by atoms with Crippen molar-refractivity contribution in [1.82, 2.24) is 14.7 Å². The maximum atomic E-state index is 11.4. The number of aromatic nitrogens is 2. The maximum Gasteiger partial charge on any atom is 0.316 e. The van der Waals surface area contributed by atoms with Crippen molar-refractivity contribution < 1.29 is 9.53 Å². The van der Waals surface area contributed by atoms with Gasteiger partial charge in [-0.1, -0.05) is 61.9 Å². The molecule has 1 aliphatic rings. The zero-order chi connectivity index (χ0) is 28.4. The fourth-order valence-corrected chi connectivity index (χ4v) is 5.36. The van der Waals surface area contributed by atoms with Crippen molar-refractivity contribution in [3.05, 3.63) is 94.2 Å². The largest absolute Gasteiger partial charge is 0.491 e. The monoisotopic (exact) mass is 537 g/mol. The quantitative estimate of drug-likeness (QED) is 0.267. The van der Waals surface area contributed by atoms with E-state index in [0.29, 0.717) is 18.2 Å². The first-order valence-electron chi connectivity index (χ1n) is 14.0. The van der Waals surface area contributed by atoms with Gasteiger partial charge in [0.25, 0.3) is 0 Å². The van der Waals surface area contributed by atoms with Crippen LogP contribution in [0, 0.1) is 26.7 Å². The predicted molar refractivity (Wildman–Crippen MR) is 161 cm³/mol. The average molecular weight is 538 g/mol. The van der Waals surface area contributed by atoms with Gasteiger partial charge in [-0.3, -0.25) is 4.90 Å². The second-order valence-corrected chi connectivity index (χ2v) is 11.3. The van der Waals surface area contributed by atoms with Crippen molar-refractivity contribution in [1.29, 1.82) is 0 Å². The highest BCUT2D eigenvalue weighted by Gasteiger charge is 2.28. The third-order valence-corrected chi connectivity index (χ3v) is 7.42. The number of nitrogens with two attached hydrogens (primary N) is 1. The Balaban J connectivity index is 1.60. The van der Waals surface area contributed by atoms with E-state index in [9.17, 15) is 4.79 Å². The van der Waals surface area contributed by atoms with Crippen LogP contribution in [0.3, 0.4) is 0 Å². The molecule has 1 aromatic heterocycles. The molecule has 4 aromatic rings. The molecule has 2 amide bonds. The number of urea groups is 1. The van der Waals surface area contributed by atoms with Crippen LogP contribution in [0.1, 0.15) is 47.4 Å². The van der Waals surface area contributed by atoms with Crippen LogP contribution in [0.15, 0.2) is 60.7 Å². The Morgan fingerprint density at radius 2 is 1.82 bits per heavy atom. The summed E-state index contributed by atoms with van der Waals surface area (Å²) in [5.74, 6) is 1.23. The van der Waals surface area contributed by atoms with Crippen LogP contribution >= 0.6 is 0 Å². The van der Waals surface area contributed by atoms with Crippen molar-refractivity contribution >= 4 is 11.7 Å². The first-order chi connectivity index (χ1) is 19.2. The lowest BCUT2D eigenvalue weighted by molar-refractivity contribution is 0.244. The van der Waals surface area contributed by atoms with Gasteiger partial charge >= 0.3 is 6.03 Å². The lowest BCUT2D eigenvalue weighted by Gasteiger charge is -2.27. The predicted octanol–water partition coefficient (Wildman–Crippen LogP) is 6.55. The number of ether oxygens (including phenoxy) is 1. The summed E-state index contributed by atoms with van der Waals surface area (Å²) in [6, 6.07) is 20.1. The maximum absolute atomic E-state index is 11.4. The summed E-state index contributed by atoms with van der Waals surface area (Å²) >= 11 is 0. The summed E-state index contributed by atoms with van der Waals surface area (Å²) in [4.78, 5) is 13.9. The van der Waals surface area contributed by atoms with Gasteiger partial charge in [0.15, 0.2) is 0 Å². The third kappa shape index (κ3) is 5.89. The molecule has 1 aliphatic heterocycles. The second kappa shape index (κ2) is 11.6.